The van der Waals surface area contributed by atoms with Crippen LogP contribution in [0.1, 0.15) is 41.2 Å². The minimum atomic E-state index is 0.331. The Bertz CT molecular complexity index is 609. The third-order valence-electron chi connectivity index (χ3n) is 3.84. The first-order valence-corrected chi connectivity index (χ1v) is 8.54. The second-order valence-corrected chi connectivity index (χ2v) is 6.60. The molecule has 0 saturated heterocycles. The summed E-state index contributed by atoms with van der Waals surface area (Å²) < 4.78 is 5.60. The lowest BCUT2D eigenvalue weighted by Gasteiger charge is -2.19. The molecule has 1 unspecified atom stereocenters. The van der Waals surface area contributed by atoms with Gasteiger partial charge in [-0.3, -0.25) is 0 Å². The van der Waals surface area contributed by atoms with E-state index in [0.29, 0.717) is 6.04 Å². The van der Waals surface area contributed by atoms with Crippen molar-refractivity contribution in [1.29, 1.82) is 0 Å². The summed E-state index contributed by atoms with van der Waals surface area (Å²) in [5.41, 5.74) is 3.87. The summed E-state index contributed by atoms with van der Waals surface area (Å²) >= 11 is 1.73. The number of nitrogens with one attached hydrogen (secondary N) is 1. The van der Waals surface area contributed by atoms with Crippen molar-refractivity contribution < 1.29 is 4.74 Å². The highest BCUT2D eigenvalue weighted by Gasteiger charge is 2.18. The first kappa shape index (κ1) is 14.5. The van der Waals surface area contributed by atoms with Crippen molar-refractivity contribution in [2.75, 3.05) is 13.2 Å². The zero-order valence-corrected chi connectivity index (χ0v) is 13.5. The Labute approximate surface area is 130 Å². The maximum absolute atomic E-state index is 5.60. The van der Waals surface area contributed by atoms with E-state index in [2.05, 4.69) is 47.7 Å². The van der Waals surface area contributed by atoms with Gasteiger partial charge in [0.05, 0.1) is 17.3 Å². The molecule has 1 atom stereocenters. The monoisotopic (exact) mass is 302 g/mol. The van der Waals surface area contributed by atoms with Gasteiger partial charge >= 0.3 is 0 Å². The molecule has 21 heavy (non-hydrogen) atoms. The standard InChI is InChI=1S/C17H22N2OS/c1-3-7-18-16(10-15-11-21-12(2)19-15)13-4-5-17-14(9-13)6-8-20-17/h4-5,9,11,16,18H,3,6-8,10H2,1-2H3. The number of aryl methyl sites for hydroxylation is 1. The highest BCUT2D eigenvalue weighted by Crippen LogP contribution is 2.29. The normalized spacial score (nSPS) is 14.8. The SMILES string of the molecule is CCCNC(Cc1csc(C)n1)c1ccc2c(c1)CCO2. The summed E-state index contributed by atoms with van der Waals surface area (Å²) in [6, 6.07) is 6.94. The van der Waals surface area contributed by atoms with E-state index in [-0.39, 0.29) is 0 Å². The molecule has 4 heteroatoms. The largest absolute Gasteiger partial charge is 0.493 e. The Kier molecular flexibility index (Phi) is 4.56. The van der Waals surface area contributed by atoms with E-state index >= 15 is 0 Å². The number of hydrogen-bond acceptors (Lipinski definition) is 4. The summed E-state index contributed by atoms with van der Waals surface area (Å²) in [6.07, 6.45) is 3.12. The highest BCUT2D eigenvalue weighted by molar-refractivity contribution is 7.09. The molecule has 0 fully saturated rings. The van der Waals surface area contributed by atoms with E-state index < -0.39 is 0 Å². The molecule has 1 aromatic heterocycles. The maximum atomic E-state index is 5.60. The fourth-order valence-corrected chi connectivity index (χ4v) is 3.39. The number of ether oxygens (including phenoxy) is 1. The molecule has 1 N–H and O–H groups in total. The minimum absolute atomic E-state index is 0.331. The second-order valence-electron chi connectivity index (χ2n) is 5.53. The molecule has 1 aliphatic heterocycles. The molecule has 0 bridgehead atoms. The molecule has 3 nitrogen and oxygen atoms in total. The van der Waals surface area contributed by atoms with Crippen LogP contribution in [0, 0.1) is 6.92 Å². The number of rotatable bonds is 6. The summed E-state index contributed by atoms with van der Waals surface area (Å²) in [7, 11) is 0. The topological polar surface area (TPSA) is 34.2 Å². The lowest BCUT2D eigenvalue weighted by molar-refractivity contribution is 0.356. The van der Waals surface area contributed by atoms with Gasteiger partial charge in [0.1, 0.15) is 5.75 Å². The molecule has 2 heterocycles. The number of thiazole rings is 1. The first-order chi connectivity index (χ1) is 10.3. The van der Waals surface area contributed by atoms with Crippen molar-refractivity contribution >= 4 is 11.3 Å². The maximum Gasteiger partial charge on any atom is 0.122 e. The van der Waals surface area contributed by atoms with Crippen LogP contribution in [0.3, 0.4) is 0 Å². The van der Waals surface area contributed by atoms with E-state index in [1.54, 1.807) is 11.3 Å². The molecule has 112 valence electrons. The van der Waals surface area contributed by atoms with Gasteiger partial charge in [-0.25, -0.2) is 4.98 Å². The third-order valence-corrected chi connectivity index (χ3v) is 4.66. The van der Waals surface area contributed by atoms with Crippen LogP contribution < -0.4 is 10.1 Å². The van der Waals surface area contributed by atoms with Crippen molar-refractivity contribution in [2.45, 2.75) is 39.2 Å². The molecule has 0 amide bonds. The Morgan fingerprint density at radius 1 is 1.43 bits per heavy atom. The summed E-state index contributed by atoms with van der Waals surface area (Å²) in [5, 5.41) is 6.97. The zero-order valence-electron chi connectivity index (χ0n) is 12.7. The van der Waals surface area contributed by atoms with Crippen LogP contribution in [0.15, 0.2) is 23.6 Å². The summed E-state index contributed by atoms with van der Waals surface area (Å²) in [6.45, 7) is 6.11. The van der Waals surface area contributed by atoms with E-state index in [4.69, 9.17) is 4.74 Å². The fourth-order valence-electron chi connectivity index (χ4n) is 2.76. The van der Waals surface area contributed by atoms with Gasteiger partial charge in [-0.05, 0) is 37.1 Å². The average Bonchev–Trinajstić information content (AvgIpc) is 3.11. The van der Waals surface area contributed by atoms with Crippen molar-refractivity contribution in [3.05, 3.63) is 45.4 Å². The lowest BCUT2D eigenvalue weighted by Crippen LogP contribution is -2.24. The third kappa shape index (κ3) is 3.44. The van der Waals surface area contributed by atoms with Gasteiger partial charge in [-0.2, -0.15) is 0 Å². The van der Waals surface area contributed by atoms with Crippen molar-refractivity contribution in [3.63, 3.8) is 0 Å². The van der Waals surface area contributed by atoms with Gasteiger partial charge in [0.15, 0.2) is 0 Å². The molecule has 0 radical (unpaired) electrons. The Morgan fingerprint density at radius 3 is 3.10 bits per heavy atom. The number of hydrogen-bond donors (Lipinski definition) is 1. The molecule has 0 spiro atoms. The predicted molar refractivity (Wildman–Crippen MR) is 87.2 cm³/mol. The lowest BCUT2D eigenvalue weighted by atomic mass is 9.99. The van der Waals surface area contributed by atoms with Gasteiger partial charge in [0, 0.05) is 24.3 Å². The Balaban J connectivity index is 1.80. The van der Waals surface area contributed by atoms with Crippen molar-refractivity contribution in [2.24, 2.45) is 0 Å². The molecule has 1 aromatic carbocycles. The van der Waals surface area contributed by atoms with Gasteiger partial charge in [0.2, 0.25) is 0 Å². The van der Waals surface area contributed by atoms with Gasteiger partial charge < -0.3 is 10.1 Å². The molecular formula is C17H22N2OS. The van der Waals surface area contributed by atoms with E-state index in [1.807, 2.05) is 0 Å². The highest BCUT2D eigenvalue weighted by atomic mass is 32.1. The zero-order chi connectivity index (χ0) is 14.7. The predicted octanol–water partition coefficient (Wildman–Crippen LogP) is 3.67. The van der Waals surface area contributed by atoms with Crippen LogP contribution in [0.2, 0.25) is 0 Å². The van der Waals surface area contributed by atoms with E-state index in [9.17, 15) is 0 Å². The van der Waals surface area contributed by atoms with Crippen LogP contribution >= 0.6 is 11.3 Å². The molecule has 1 aliphatic rings. The molecule has 2 aromatic rings. The van der Waals surface area contributed by atoms with E-state index in [0.717, 1.165) is 43.2 Å². The smallest absolute Gasteiger partial charge is 0.122 e. The van der Waals surface area contributed by atoms with Crippen LogP contribution in [-0.4, -0.2) is 18.1 Å². The molecule has 0 saturated carbocycles. The van der Waals surface area contributed by atoms with Crippen LogP contribution in [0.25, 0.3) is 0 Å². The minimum Gasteiger partial charge on any atom is -0.493 e. The first-order valence-electron chi connectivity index (χ1n) is 7.66. The number of benzene rings is 1. The summed E-state index contributed by atoms with van der Waals surface area (Å²) in [5.74, 6) is 1.05. The molecular weight excluding hydrogens is 280 g/mol. The number of fused-ring (bicyclic) bond motifs is 1. The number of aromatic nitrogens is 1. The van der Waals surface area contributed by atoms with Gasteiger partial charge in [-0.1, -0.05) is 19.1 Å². The molecule has 0 aliphatic carbocycles. The van der Waals surface area contributed by atoms with Crippen LogP contribution in [-0.2, 0) is 12.8 Å². The number of nitrogens with zero attached hydrogens (tertiary/aromatic N) is 1. The molecule has 3 rings (SSSR count). The summed E-state index contributed by atoms with van der Waals surface area (Å²) in [4.78, 5) is 4.61. The van der Waals surface area contributed by atoms with Crippen molar-refractivity contribution in [3.8, 4) is 5.75 Å². The Morgan fingerprint density at radius 2 is 2.33 bits per heavy atom. The quantitative estimate of drug-likeness (QED) is 0.884. The van der Waals surface area contributed by atoms with Gasteiger partial charge in [-0.15, -0.1) is 11.3 Å². The van der Waals surface area contributed by atoms with Gasteiger partial charge in [0.25, 0.3) is 0 Å². The fraction of sp³-hybridized carbons (Fsp3) is 0.471. The second kappa shape index (κ2) is 6.58. The Hall–Kier alpha value is -1.39. The van der Waals surface area contributed by atoms with Crippen LogP contribution in [0.5, 0.6) is 5.75 Å². The van der Waals surface area contributed by atoms with Crippen molar-refractivity contribution in [1.82, 2.24) is 10.3 Å². The average molecular weight is 302 g/mol. The van der Waals surface area contributed by atoms with Crippen LogP contribution in [0.4, 0.5) is 0 Å². The van der Waals surface area contributed by atoms with E-state index in [1.165, 1.54) is 16.8 Å².